The zero-order chi connectivity index (χ0) is 21.3. The zero-order valence-electron chi connectivity index (χ0n) is 17.6. The fraction of sp³-hybridized carbons (Fsp3) is 0.667. The summed E-state index contributed by atoms with van der Waals surface area (Å²) < 4.78 is 41.4. The molecule has 29 heavy (non-hydrogen) atoms. The van der Waals surface area contributed by atoms with E-state index in [0.717, 1.165) is 31.2 Å². The van der Waals surface area contributed by atoms with Gasteiger partial charge in [0.2, 0.25) is 0 Å². The van der Waals surface area contributed by atoms with E-state index in [1.807, 2.05) is 6.92 Å². The number of halogens is 3. The van der Waals surface area contributed by atoms with Gasteiger partial charge in [-0.1, -0.05) is 12.1 Å². The summed E-state index contributed by atoms with van der Waals surface area (Å²) >= 11 is 0. The lowest BCUT2D eigenvalue weighted by molar-refractivity contribution is -0.153. The summed E-state index contributed by atoms with van der Waals surface area (Å²) in [7, 11) is 0. The Hall–Kier alpha value is -1.96. The van der Waals surface area contributed by atoms with E-state index in [1.165, 1.54) is 19.4 Å². The van der Waals surface area contributed by atoms with Gasteiger partial charge in [0.1, 0.15) is 5.75 Å². The van der Waals surface area contributed by atoms with Crippen LogP contribution in [0.2, 0.25) is 0 Å². The molecule has 1 aliphatic rings. The molecule has 2 N–H and O–H groups in total. The van der Waals surface area contributed by atoms with Gasteiger partial charge in [-0.2, -0.15) is 13.2 Å². The van der Waals surface area contributed by atoms with Gasteiger partial charge in [0.05, 0.1) is 6.54 Å². The summed E-state index contributed by atoms with van der Waals surface area (Å²) in [6.45, 7) is 9.56. The number of hydrogen-bond acceptors (Lipinski definition) is 3. The minimum atomic E-state index is -4.33. The van der Waals surface area contributed by atoms with Gasteiger partial charge in [0.15, 0.2) is 12.6 Å². The summed E-state index contributed by atoms with van der Waals surface area (Å²) in [6, 6.07) is 7.13. The number of likely N-dealkylation sites (tertiary alicyclic amines) is 1. The molecule has 8 heteroatoms. The van der Waals surface area contributed by atoms with Crippen molar-refractivity contribution in [2.24, 2.45) is 10.9 Å². The summed E-state index contributed by atoms with van der Waals surface area (Å²) in [5.41, 5.74) is 0.908. The van der Waals surface area contributed by atoms with Gasteiger partial charge in [-0.15, -0.1) is 0 Å². The molecular weight excluding hydrogens is 381 g/mol. The second-order valence-electron chi connectivity index (χ2n) is 7.72. The predicted octanol–water partition coefficient (Wildman–Crippen LogP) is 3.80. The molecule has 1 atom stereocenters. The monoisotopic (exact) mass is 414 g/mol. The van der Waals surface area contributed by atoms with E-state index in [4.69, 9.17) is 4.74 Å². The fourth-order valence-corrected chi connectivity index (χ4v) is 3.34. The Bertz CT molecular complexity index is 632. The van der Waals surface area contributed by atoms with Gasteiger partial charge in [-0.05, 0) is 63.8 Å². The van der Waals surface area contributed by atoms with Crippen LogP contribution in [0.25, 0.3) is 0 Å². The quantitative estimate of drug-likeness (QED) is 0.502. The molecule has 0 bridgehead atoms. The molecule has 1 heterocycles. The lowest BCUT2D eigenvalue weighted by Crippen LogP contribution is -2.46. The van der Waals surface area contributed by atoms with Gasteiger partial charge in [-0.25, -0.2) is 4.99 Å². The number of benzene rings is 1. The number of alkyl halides is 3. The molecule has 1 fully saturated rings. The van der Waals surface area contributed by atoms with Crippen molar-refractivity contribution in [3.05, 3.63) is 29.8 Å². The predicted molar refractivity (Wildman–Crippen MR) is 110 cm³/mol. The second kappa shape index (κ2) is 11.3. The third-order valence-corrected chi connectivity index (χ3v) is 4.93. The van der Waals surface area contributed by atoms with E-state index in [-0.39, 0.29) is 5.75 Å². The molecule has 0 aliphatic carbocycles. The smallest absolute Gasteiger partial charge is 0.422 e. The number of ether oxygens (including phenoxy) is 1. The number of nitrogens with one attached hydrogen (secondary N) is 2. The van der Waals surface area contributed by atoms with E-state index in [9.17, 15) is 13.2 Å². The van der Waals surface area contributed by atoms with Crippen molar-refractivity contribution < 1.29 is 17.9 Å². The Labute approximate surface area is 171 Å². The van der Waals surface area contributed by atoms with E-state index < -0.39 is 12.8 Å². The van der Waals surface area contributed by atoms with Gasteiger partial charge < -0.3 is 20.3 Å². The van der Waals surface area contributed by atoms with Gasteiger partial charge in [-0.3, -0.25) is 0 Å². The molecule has 164 valence electrons. The van der Waals surface area contributed by atoms with Crippen molar-refractivity contribution in [2.75, 3.05) is 32.8 Å². The second-order valence-corrected chi connectivity index (χ2v) is 7.72. The highest BCUT2D eigenvalue weighted by atomic mass is 19.4. The number of guanidine groups is 1. The molecule has 1 aromatic carbocycles. The Kier molecular flexibility index (Phi) is 9.07. The van der Waals surface area contributed by atoms with Crippen LogP contribution in [-0.4, -0.2) is 55.9 Å². The fourth-order valence-electron chi connectivity index (χ4n) is 3.34. The van der Waals surface area contributed by atoms with Gasteiger partial charge in [0, 0.05) is 25.7 Å². The molecule has 5 nitrogen and oxygen atoms in total. The molecule has 0 saturated carbocycles. The van der Waals surface area contributed by atoms with Crippen LogP contribution in [-0.2, 0) is 6.54 Å². The first-order valence-electron chi connectivity index (χ1n) is 10.3. The van der Waals surface area contributed by atoms with E-state index in [0.29, 0.717) is 18.5 Å². The van der Waals surface area contributed by atoms with Crippen molar-refractivity contribution in [3.8, 4) is 5.75 Å². The Balaban J connectivity index is 1.85. The van der Waals surface area contributed by atoms with Crippen LogP contribution in [0.1, 0.15) is 39.2 Å². The van der Waals surface area contributed by atoms with Gasteiger partial charge in [0.25, 0.3) is 0 Å². The molecule has 1 saturated heterocycles. The minimum Gasteiger partial charge on any atom is -0.484 e. The highest BCUT2D eigenvalue weighted by molar-refractivity contribution is 5.79. The lowest BCUT2D eigenvalue weighted by Gasteiger charge is -2.35. The molecule has 0 spiro atoms. The van der Waals surface area contributed by atoms with Gasteiger partial charge >= 0.3 is 6.18 Å². The SMILES string of the molecule is CCNC(=NCc1ccc(OCC(F)(F)F)cc1)NCC1CCCN(C(C)C)C1. The molecule has 0 radical (unpaired) electrons. The summed E-state index contributed by atoms with van der Waals surface area (Å²) in [5, 5.41) is 6.68. The van der Waals surface area contributed by atoms with Crippen LogP contribution in [0, 0.1) is 5.92 Å². The van der Waals surface area contributed by atoms with Crippen molar-refractivity contribution in [1.82, 2.24) is 15.5 Å². The molecular formula is C21H33F3N4O. The van der Waals surface area contributed by atoms with E-state index in [1.54, 1.807) is 24.3 Å². The third-order valence-electron chi connectivity index (χ3n) is 4.93. The van der Waals surface area contributed by atoms with Crippen LogP contribution >= 0.6 is 0 Å². The van der Waals surface area contributed by atoms with Crippen molar-refractivity contribution in [3.63, 3.8) is 0 Å². The number of rotatable bonds is 8. The van der Waals surface area contributed by atoms with Crippen LogP contribution in [0.4, 0.5) is 13.2 Å². The largest absolute Gasteiger partial charge is 0.484 e. The molecule has 1 aromatic rings. The maximum Gasteiger partial charge on any atom is 0.422 e. The average Bonchev–Trinajstić information content (AvgIpc) is 2.69. The Morgan fingerprint density at radius 3 is 2.59 bits per heavy atom. The number of hydrogen-bond donors (Lipinski definition) is 2. The maximum absolute atomic E-state index is 12.2. The van der Waals surface area contributed by atoms with Crippen molar-refractivity contribution in [1.29, 1.82) is 0 Å². The number of aliphatic imine (C=N–C) groups is 1. The molecule has 1 aliphatic heterocycles. The molecule has 1 unspecified atom stereocenters. The first kappa shape index (κ1) is 23.3. The highest BCUT2D eigenvalue weighted by Crippen LogP contribution is 2.19. The van der Waals surface area contributed by atoms with Crippen LogP contribution in [0.3, 0.4) is 0 Å². The first-order chi connectivity index (χ1) is 13.8. The first-order valence-corrected chi connectivity index (χ1v) is 10.3. The maximum atomic E-state index is 12.2. The van der Waals surface area contributed by atoms with E-state index in [2.05, 4.69) is 34.4 Å². The Morgan fingerprint density at radius 2 is 1.97 bits per heavy atom. The molecule has 2 rings (SSSR count). The van der Waals surface area contributed by atoms with Crippen LogP contribution in [0.5, 0.6) is 5.75 Å². The summed E-state index contributed by atoms with van der Waals surface area (Å²) in [6.07, 6.45) is -1.89. The van der Waals surface area contributed by atoms with E-state index >= 15 is 0 Å². The van der Waals surface area contributed by atoms with Crippen LogP contribution in [0.15, 0.2) is 29.3 Å². The third kappa shape index (κ3) is 8.94. The number of piperidine rings is 1. The Morgan fingerprint density at radius 1 is 1.24 bits per heavy atom. The summed E-state index contributed by atoms with van der Waals surface area (Å²) in [5.74, 6) is 1.55. The van der Waals surface area contributed by atoms with Crippen molar-refractivity contribution >= 4 is 5.96 Å². The number of nitrogens with zero attached hydrogens (tertiary/aromatic N) is 2. The molecule has 0 aromatic heterocycles. The minimum absolute atomic E-state index is 0.201. The summed E-state index contributed by atoms with van der Waals surface area (Å²) in [4.78, 5) is 7.11. The standard InChI is InChI=1S/C21H33F3N4O/c1-4-25-20(27-13-18-6-5-11-28(14-18)16(2)3)26-12-17-7-9-19(10-8-17)29-15-21(22,23)24/h7-10,16,18H,4-6,11-15H2,1-3H3,(H2,25,26,27). The average molecular weight is 415 g/mol. The van der Waals surface area contributed by atoms with Crippen LogP contribution < -0.4 is 15.4 Å². The normalized spacial score (nSPS) is 18.7. The highest BCUT2D eigenvalue weighted by Gasteiger charge is 2.28. The molecule has 0 amide bonds. The van der Waals surface area contributed by atoms with Crippen molar-refractivity contribution in [2.45, 2.75) is 52.4 Å². The zero-order valence-corrected chi connectivity index (χ0v) is 17.6. The topological polar surface area (TPSA) is 48.9 Å². The lowest BCUT2D eigenvalue weighted by atomic mass is 9.97.